The van der Waals surface area contributed by atoms with Gasteiger partial charge in [-0.3, -0.25) is 0 Å². The summed E-state index contributed by atoms with van der Waals surface area (Å²) in [6, 6.07) is 1.45. The maximum atomic E-state index is 13.9. The van der Waals surface area contributed by atoms with E-state index in [1.165, 1.54) is 12.3 Å². The molecule has 0 unspecified atom stereocenters. The van der Waals surface area contributed by atoms with Crippen LogP contribution in [0.25, 0.3) is 0 Å². The van der Waals surface area contributed by atoms with Crippen molar-refractivity contribution in [3.05, 3.63) is 23.6 Å². The Balaban J connectivity index is 2.92. The van der Waals surface area contributed by atoms with E-state index in [9.17, 15) is 4.39 Å². The minimum atomic E-state index is -0.500. The SMILES string of the molecule is CCCCN(CCO)c1nccc(CO)c1F. The Morgan fingerprint density at radius 2 is 2.12 bits per heavy atom. The average Bonchev–Trinajstić information content (AvgIpc) is 2.35. The van der Waals surface area contributed by atoms with Crippen LogP contribution in [-0.4, -0.2) is 34.9 Å². The Kier molecular flexibility index (Phi) is 5.86. The highest BCUT2D eigenvalue weighted by atomic mass is 19.1. The van der Waals surface area contributed by atoms with E-state index < -0.39 is 5.82 Å². The lowest BCUT2D eigenvalue weighted by molar-refractivity contribution is 0.275. The summed E-state index contributed by atoms with van der Waals surface area (Å²) in [5.74, 6) is -0.293. The summed E-state index contributed by atoms with van der Waals surface area (Å²) in [5.41, 5.74) is 0.231. The molecular weight excluding hydrogens is 223 g/mol. The molecule has 0 aliphatic heterocycles. The summed E-state index contributed by atoms with van der Waals surface area (Å²) in [4.78, 5) is 5.69. The van der Waals surface area contributed by atoms with Crippen molar-refractivity contribution in [3.8, 4) is 0 Å². The highest BCUT2D eigenvalue weighted by Gasteiger charge is 2.15. The lowest BCUT2D eigenvalue weighted by Gasteiger charge is -2.23. The van der Waals surface area contributed by atoms with E-state index in [1.807, 2.05) is 6.92 Å². The fourth-order valence-corrected chi connectivity index (χ4v) is 1.61. The maximum Gasteiger partial charge on any atom is 0.171 e. The predicted octanol–water partition coefficient (Wildman–Crippen LogP) is 1.31. The summed E-state index contributed by atoms with van der Waals surface area (Å²) >= 11 is 0. The van der Waals surface area contributed by atoms with Gasteiger partial charge in [0, 0.05) is 24.8 Å². The smallest absolute Gasteiger partial charge is 0.171 e. The number of hydrogen-bond donors (Lipinski definition) is 2. The molecule has 2 N–H and O–H groups in total. The molecule has 96 valence electrons. The van der Waals surface area contributed by atoms with Gasteiger partial charge in [0.1, 0.15) is 0 Å². The van der Waals surface area contributed by atoms with Crippen molar-refractivity contribution >= 4 is 5.82 Å². The number of nitrogens with zero attached hydrogens (tertiary/aromatic N) is 2. The molecular formula is C12H19FN2O2. The molecule has 0 fully saturated rings. The van der Waals surface area contributed by atoms with Gasteiger partial charge in [0.15, 0.2) is 11.6 Å². The van der Waals surface area contributed by atoms with Gasteiger partial charge >= 0.3 is 0 Å². The second-order valence-corrected chi connectivity index (χ2v) is 3.83. The van der Waals surface area contributed by atoms with Crippen LogP contribution in [0.1, 0.15) is 25.3 Å². The first kappa shape index (κ1) is 13.9. The van der Waals surface area contributed by atoms with Crippen LogP contribution in [0.2, 0.25) is 0 Å². The Morgan fingerprint density at radius 1 is 1.35 bits per heavy atom. The molecule has 0 bridgehead atoms. The first-order valence-electron chi connectivity index (χ1n) is 5.84. The van der Waals surface area contributed by atoms with Gasteiger partial charge in [0.2, 0.25) is 0 Å². The Labute approximate surface area is 101 Å². The van der Waals surface area contributed by atoms with Gasteiger partial charge in [-0.15, -0.1) is 0 Å². The summed E-state index contributed by atoms with van der Waals surface area (Å²) in [6.45, 7) is 2.65. The molecule has 0 radical (unpaired) electrons. The normalized spacial score (nSPS) is 10.6. The van der Waals surface area contributed by atoms with Crippen LogP contribution in [0.5, 0.6) is 0 Å². The molecule has 1 heterocycles. The van der Waals surface area contributed by atoms with Crippen molar-refractivity contribution in [2.45, 2.75) is 26.4 Å². The van der Waals surface area contributed by atoms with Crippen molar-refractivity contribution in [1.82, 2.24) is 4.98 Å². The van der Waals surface area contributed by atoms with Crippen LogP contribution in [0.4, 0.5) is 10.2 Å². The molecule has 1 rings (SSSR count). The number of rotatable bonds is 7. The van der Waals surface area contributed by atoms with Gasteiger partial charge in [0.05, 0.1) is 13.2 Å². The first-order valence-corrected chi connectivity index (χ1v) is 5.84. The summed E-state index contributed by atoms with van der Waals surface area (Å²) in [7, 11) is 0. The third-order valence-corrected chi connectivity index (χ3v) is 2.57. The molecule has 0 saturated carbocycles. The zero-order valence-electron chi connectivity index (χ0n) is 10.1. The van der Waals surface area contributed by atoms with E-state index in [0.717, 1.165) is 12.8 Å². The van der Waals surface area contributed by atoms with Crippen LogP contribution in [0, 0.1) is 5.82 Å². The van der Waals surface area contributed by atoms with E-state index in [1.54, 1.807) is 4.90 Å². The molecule has 0 spiro atoms. The van der Waals surface area contributed by atoms with Crippen molar-refractivity contribution in [1.29, 1.82) is 0 Å². The third-order valence-electron chi connectivity index (χ3n) is 2.57. The molecule has 1 aromatic rings. The number of unbranched alkanes of at least 4 members (excludes halogenated alkanes) is 1. The average molecular weight is 242 g/mol. The number of pyridine rings is 1. The summed E-state index contributed by atoms with van der Waals surface area (Å²) < 4.78 is 13.9. The molecule has 17 heavy (non-hydrogen) atoms. The molecule has 0 saturated heterocycles. The number of aliphatic hydroxyl groups is 2. The molecule has 5 heteroatoms. The lowest BCUT2D eigenvalue weighted by atomic mass is 10.2. The minimum absolute atomic E-state index is 0.0474. The fourth-order valence-electron chi connectivity index (χ4n) is 1.61. The van der Waals surface area contributed by atoms with Crippen molar-refractivity contribution in [2.75, 3.05) is 24.6 Å². The van der Waals surface area contributed by atoms with Gasteiger partial charge in [-0.05, 0) is 12.5 Å². The second-order valence-electron chi connectivity index (χ2n) is 3.83. The quantitative estimate of drug-likeness (QED) is 0.757. The van der Waals surface area contributed by atoms with Crippen molar-refractivity contribution in [3.63, 3.8) is 0 Å². The second kappa shape index (κ2) is 7.19. The Morgan fingerprint density at radius 3 is 2.71 bits per heavy atom. The standard InChI is InChI=1S/C12H19FN2O2/c1-2-3-6-15(7-8-16)12-11(13)10(9-17)4-5-14-12/h4-5,16-17H,2-3,6-9H2,1H3. The molecule has 0 atom stereocenters. The van der Waals surface area contributed by atoms with Gasteiger partial charge in [-0.1, -0.05) is 13.3 Å². The van der Waals surface area contributed by atoms with E-state index in [2.05, 4.69) is 4.98 Å². The Hall–Kier alpha value is -1.20. The van der Waals surface area contributed by atoms with E-state index in [-0.39, 0.29) is 24.6 Å². The van der Waals surface area contributed by atoms with E-state index >= 15 is 0 Å². The van der Waals surface area contributed by atoms with E-state index in [0.29, 0.717) is 13.1 Å². The van der Waals surface area contributed by atoms with Gasteiger partial charge in [-0.25, -0.2) is 9.37 Å². The number of aromatic nitrogens is 1. The summed E-state index contributed by atoms with van der Waals surface area (Å²) in [5, 5.41) is 18.0. The van der Waals surface area contributed by atoms with Gasteiger partial charge in [0.25, 0.3) is 0 Å². The van der Waals surface area contributed by atoms with Crippen LogP contribution in [-0.2, 0) is 6.61 Å². The van der Waals surface area contributed by atoms with Gasteiger partial charge in [-0.2, -0.15) is 0 Å². The monoisotopic (exact) mass is 242 g/mol. The molecule has 0 aromatic carbocycles. The van der Waals surface area contributed by atoms with Crippen molar-refractivity contribution in [2.24, 2.45) is 0 Å². The zero-order chi connectivity index (χ0) is 12.7. The lowest BCUT2D eigenvalue weighted by Crippen LogP contribution is -2.29. The topological polar surface area (TPSA) is 56.6 Å². The van der Waals surface area contributed by atoms with Crippen LogP contribution in [0.15, 0.2) is 12.3 Å². The predicted molar refractivity (Wildman–Crippen MR) is 64.3 cm³/mol. The summed E-state index contributed by atoms with van der Waals surface area (Å²) in [6.07, 6.45) is 3.37. The number of anilines is 1. The van der Waals surface area contributed by atoms with E-state index in [4.69, 9.17) is 10.2 Å². The minimum Gasteiger partial charge on any atom is -0.395 e. The maximum absolute atomic E-state index is 13.9. The highest BCUT2D eigenvalue weighted by molar-refractivity contribution is 5.42. The third kappa shape index (κ3) is 3.64. The number of halogens is 1. The molecule has 0 aliphatic carbocycles. The molecule has 1 aromatic heterocycles. The fraction of sp³-hybridized carbons (Fsp3) is 0.583. The number of aliphatic hydroxyl groups excluding tert-OH is 2. The number of hydrogen-bond acceptors (Lipinski definition) is 4. The largest absolute Gasteiger partial charge is 0.395 e. The zero-order valence-corrected chi connectivity index (χ0v) is 10.1. The first-order chi connectivity index (χ1) is 8.24. The van der Waals surface area contributed by atoms with Crippen molar-refractivity contribution < 1.29 is 14.6 Å². The Bertz CT molecular complexity index is 347. The molecule has 0 amide bonds. The molecule has 4 nitrogen and oxygen atoms in total. The van der Waals surface area contributed by atoms with Gasteiger partial charge < -0.3 is 15.1 Å². The highest BCUT2D eigenvalue weighted by Crippen LogP contribution is 2.19. The van der Waals surface area contributed by atoms with Crippen LogP contribution >= 0.6 is 0 Å². The van der Waals surface area contributed by atoms with Crippen LogP contribution in [0.3, 0.4) is 0 Å². The molecule has 0 aliphatic rings. The van der Waals surface area contributed by atoms with Crippen LogP contribution < -0.4 is 4.90 Å².